The van der Waals surface area contributed by atoms with Gasteiger partial charge in [0.2, 0.25) is 0 Å². The number of hydrogen-bond donors (Lipinski definition) is 0. The number of benzene rings is 7. The predicted octanol–water partition coefficient (Wildman–Crippen LogP) is 10.7. The van der Waals surface area contributed by atoms with E-state index in [0.29, 0.717) is 17.5 Å². The molecule has 230 valence electrons. The van der Waals surface area contributed by atoms with Gasteiger partial charge in [0.15, 0.2) is 17.5 Å². The molecule has 2 heterocycles. The van der Waals surface area contributed by atoms with Crippen molar-refractivity contribution in [2.24, 2.45) is 0 Å². The topological polar surface area (TPSA) is 56.5 Å². The SMILES string of the molecule is c1ccc(-c2nc(-c3ccccc3)nc(-c3c(-c4ccc(-c5nc6ccccc6n5-c5ccccc5)cc4)ccc4ccccc34)n2)cc1. The standard InChI is InChI=1S/C44H29N5/c1-4-15-32(16-5-1)41-46-42(33-17-6-2-7-18-33)48-43(47-41)40-36-21-11-10-14-30(36)28-29-37(40)31-24-26-34(27-25-31)44-45-38-22-12-13-23-39(38)49(44)35-19-8-3-9-20-35/h1-29H. The first kappa shape index (κ1) is 28.5. The minimum absolute atomic E-state index is 0.634. The van der Waals surface area contributed by atoms with Crippen LogP contribution >= 0.6 is 0 Å². The van der Waals surface area contributed by atoms with Gasteiger partial charge < -0.3 is 0 Å². The van der Waals surface area contributed by atoms with Crippen LogP contribution in [0.5, 0.6) is 0 Å². The van der Waals surface area contributed by atoms with E-state index in [-0.39, 0.29) is 0 Å². The van der Waals surface area contributed by atoms with E-state index in [4.69, 9.17) is 19.9 Å². The lowest BCUT2D eigenvalue weighted by atomic mass is 9.93. The van der Waals surface area contributed by atoms with Crippen molar-refractivity contribution in [3.05, 3.63) is 176 Å². The Labute approximate surface area is 283 Å². The van der Waals surface area contributed by atoms with Gasteiger partial charge in [0.05, 0.1) is 11.0 Å². The first-order valence-electron chi connectivity index (χ1n) is 16.3. The molecule has 0 aliphatic carbocycles. The smallest absolute Gasteiger partial charge is 0.165 e. The molecule has 0 bridgehead atoms. The first-order valence-corrected chi connectivity index (χ1v) is 16.3. The second kappa shape index (κ2) is 12.1. The van der Waals surface area contributed by atoms with Crippen molar-refractivity contribution in [1.82, 2.24) is 24.5 Å². The first-order chi connectivity index (χ1) is 24.3. The molecule has 7 aromatic carbocycles. The highest BCUT2D eigenvalue weighted by Crippen LogP contribution is 2.39. The van der Waals surface area contributed by atoms with Gasteiger partial charge in [-0.15, -0.1) is 0 Å². The second-order valence-electron chi connectivity index (χ2n) is 11.9. The van der Waals surface area contributed by atoms with E-state index in [1.54, 1.807) is 0 Å². The molecular formula is C44H29N5. The number of fused-ring (bicyclic) bond motifs is 2. The van der Waals surface area contributed by atoms with Gasteiger partial charge in [0.1, 0.15) is 5.82 Å². The van der Waals surface area contributed by atoms with Crippen LogP contribution in [0.4, 0.5) is 0 Å². The van der Waals surface area contributed by atoms with Crippen LogP contribution in [0.1, 0.15) is 0 Å². The summed E-state index contributed by atoms with van der Waals surface area (Å²) in [5.74, 6) is 2.81. The number of imidazole rings is 1. The maximum absolute atomic E-state index is 5.13. The zero-order chi connectivity index (χ0) is 32.6. The van der Waals surface area contributed by atoms with E-state index in [9.17, 15) is 0 Å². The van der Waals surface area contributed by atoms with Gasteiger partial charge in [-0.25, -0.2) is 19.9 Å². The molecule has 0 unspecified atom stereocenters. The molecule has 0 aliphatic heterocycles. The van der Waals surface area contributed by atoms with Gasteiger partial charge in [-0.05, 0) is 46.2 Å². The van der Waals surface area contributed by atoms with Crippen LogP contribution in [-0.4, -0.2) is 24.5 Å². The van der Waals surface area contributed by atoms with E-state index in [0.717, 1.165) is 66.7 Å². The van der Waals surface area contributed by atoms with Crippen LogP contribution in [0.15, 0.2) is 176 Å². The lowest BCUT2D eigenvalue weighted by Gasteiger charge is -2.15. The van der Waals surface area contributed by atoms with Crippen LogP contribution in [0.25, 0.3) is 84.2 Å². The van der Waals surface area contributed by atoms with Gasteiger partial charge in [-0.2, -0.15) is 0 Å². The summed E-state index contributed by atoms with van der Waals surface area (Å²) in [6.45, 7) is 0. The second-order valence-corrected chi connectivity index (χ2v) is 11.9. The van der Waals surface area contributed by atoms with Crippen molar-refractivity contribution < 1.29 is 0 Å². The van der Waals surface area contributed by atoms with Crippen LogP contribution in [0, 0.1) is 0 Å². The molecule has 5 nitrogen and oxygen atoms in total. The van der Waals surface area contributed by atoms with Crippen LogP contribution in [0.2, 0.25) is 0 Å². The van der Waals surface area contributed by atoms with E-state index >= 15 is 0 Å². The van der Waals surface area contributed by atoms with Crippen molar-refractivity contribution in [2.45, 2.75) is 0 Å². The van der Waals surface area contributed by atoms with Crippen molar-refractivity contribution in [2.75, 3.05) is 0 Å². The number of rotatable bonds is 6. The van der Waals surface area contributed by atoms with Crippen molar-refractivity contribution >= 4 is 21.8 Å². The Morgan fingerprint density at radius 2 is 0.918 bits per heavy atom. The Hall–Kier alpha value is -6.72. The number of nitrogens with zero attached hydrogens (tertiary/aromatic N) is 5. The Morgan fingerprint density at radius 1 is 0.367 bits per heavy atom. The van der Waals surface area contributed by atoms with Gasteiger partial charge in [-0.1, -0.05) is 152 Å². The number of aromatic nitrogens is 5. The molecule has 9 aromatic rings. The molecule has 0 spiro atoms. The summed E-state index contributed by atoms with van der Waals surface area (Å²) in [4.78, 5) is 20.3. The van der Waals surface area contributed by atoms with Crippen molar-refractivity contribution in [3.8, 4) is 62.4 Å². The Bertz CT molecular complexity index is 2520. The molecular weight excluding hydrogens is 599 g/mol. The summed E-state index contributed by atoms with van der Waals surface area (Å²) < 4.78 is 2.23. The molecule has 0 saturated heterocycles. The Morgan fingerprint density at radius 3 is 1.61 bits per heavy atom. The third-order valence-corrected chi connectivity index (χ3v) is 8.88. The summed E-state index contributed by atoms with van der Waals surface area (Å²) >= 11 is 0. The fourth-order valence-corrected chi connectivity index (χ4v) is 6.53. The minimum atomic E-state index is 0.634. The summed E-state index contributed by atoms with van der Waals surface area (Å²) in [7, 11) is 0. The molecule has 0 fully saturated rings. The summed E-state index contributed by atoms with van der Waals surface area (Å²) in [5.41, 5.74) is 9.10. The third-order valence-electron chi connectivity index (χ3n) is 8.88. The fraction of sp³-hybridized carbons (Fsp3) is 0. The summed E-state index contributed by atoms with van der Waals surface area (Å²) in [6, 6.07) is 60.4. The molecule has 49 heavy (non-hydrogen) atoms. The zero-order valence-electron chi connectivity index (χ0n) is 26.5. The fourth-order valence-electron chi connectivity index (χ4n) is 6.53. The largest absolute Gasteiger partial charge is 0.292 e. The molecule has 0 aliphatic rings. The van der Waals surface area contributed by atoms with Crippen molar-refractivity contribution in [1.29, 1.82) is 0 Å². The molecule has 9 rings (SSSR count). The maximum atomic E-state index is 5.13. The van der Waals surface area contributed by atoms with E-state index in [1.807, 2.05) is 72.8 Å². The van der Waals surface area contributed by atoms with E-state index in [2.05, 4.69) is 108 Å². The minimum Gasteiger partial charge on any atom is -0.292 e. The molecule has 0 atom stereocenters. The van der Waals surface area contributed by atoms with Gasteiger partial charge in [0.25, 0.3) is 0 Å². The number of hydrogen-bond acceptors (Lipinski definition) is 4. The molecule has 0 saturated carbocycles. The lowest BCUT2D eigenvalue weighted by molar-refractivity contribution is 1.08. The predicted molar refractivity (Wildman–Crippen MR) is 199 cm³/mol. The highest BCUT2D eigenvalue weighted by Gasteiger charge is 2.19. The summed E-state index contributed by atoms with van der Waals surface area (Å²) in [6.07, 6.45) is 0. The third kappa shape index (κ3) is 5.24. The molecule has 0 N–H and O–H groups in total. The molecule has 0 amide bonds. The molecule has 2 aromatic heterocycles. The Kier molecular flexibility index (Phi) is 7.06. The Balaban J connectivity index is 1.23. The van der Waals surface area contributed by atoms with Crippen LogP contribution < -0.4 is 0 Å². The summed E-state index contributed by atoms with van der Waals surface area (Å²) in [5, 5.41) is 2.21. The van der Waals surface area contributed by atoms with Crippen molar-refractivity contribution in [3.63, 3.8) is 0 Å². The van der Waals surface area contributed by atoms with E-state index < -0.39 is 0 Å². The van der Waals surface area contributed by atoms with Gasteiger partial charge >= 0.3 is 0 Å². The normalized spacial score (nSPS) is 11.3. The maximum Gasteiger partial charge on any atom is 0.165 e. The van der Waals surface area contributed by atoms with Crippen LogP contribution in [-0.2, 0) is 0 Å². The zero-order valence-corrected chi connectivity index (χ0v) is 26.5. The molecule has 5 heteroatoms. The van der Waals surface area contributed by atoms with Gasteiger partial charge in [-0.3, -0.25) is 4.57 Å². The van der Waals surface area contributed by atoms with Gasteiger partial charge in [0, 0.05) is 27.9 Å². The molecule has 0 radical (unpaired) electrons. The average molecular weight is 628 g/mol. The monoisotopic (exact) mass is 627 g/mol. The highest BCUT2D eigenvalue weighted by molar-refractivity contribution is 6.03. The quantitative estimate of drug-likeness (QED) is 0.184. The lowest BCUT2D eigenvalue weighted by Crippen LogP contribution is -2.01. The van der Waals surface area contributed by atoms with E-state index in [1.165, 1.54) is 0 Å². The number of para-hydroxylation sites is 3. The average Bonchev–Trinajstić information content (AvgIpc) is 3.58. The van der Waals surface area contributed by atoms with Crippen LogP contribution in [0.3, 0.4) is 0 Å². The highest BCUT2D eigenvalue weighted by atomic mass is 15.1.